The van der Waals surface area contributed by atoms with Crippen LogP contribution in [-0.4, -0.2) is 18.5 Å². The molecule has 6 aliphatic rings. The lowest BCUT2D eigenvalue weighted by molar-refractivity contribution is -0.224. The summed E-state index contributed by atoms with van der Waals surface area (Å²) >= 11 is 0. The fraction of sp³-hybridized carbons (Fsp3) is 0.926. The summed E-state index contributed by atoms with van der Waals surface area (Å²) in [6.45, 7) is 10.8. The van der Waals surface area contributed by atoms with Crippen LogP contribution in [0.15, 0.2) is 12.2 Å². The molecular formula is C27H42O2. The monoisotopic (exact) mass is 398 g/mol. The summed E-state index contributed by atoms with van der Waals surface area (Å²) in [5, 5.41) is 0. The molecule has 1 spiro atoms. The van der Waals surface area contributed by atoms with E-state index in [0.717, 1.165) is 30.3 Å². The highest BCUT2D eigenvalue weighted by Crippen LogP contribution is 2.71. The molecule has 1 saturated heterocycles. The first-order chi connectivity index (χ1) is 13.9. The maximum atomic E-state index is 6.83. The van der Waals surface area contributed by atoms with E-state index in [9.17, 15) is 0 Å². The van der Waals surface area contributed by atoms with Crippen molar-refractivity contribution in [1.29, 1.82) is 0 Å². The third-order valence-electron chi connectivity index (χ3n) is 11.4. The lowest BCUT2D eigenvalue weighted by atomic mass is 9.44. The number of hydrogen-bond donors (Lipinski definition) is 0. The van der Waals surface area contributed by atoms with Gasteiger partial charge in [-0.25, -0.2) is 0 Å². The Morgan fingerprint density at radius 3 is 2.55 bits per heavy atom. The number of rotatable bonds is 0. The first-order valence-electron chi connectivity index (χ1n) is 12.9. The van der Waals surface area contributed by atoms with Gasteiger partial charge in [0.05, 0.1) is 12.7 Å². The molecule has 2 heteroatoms. The molecule has 4 saturated carbocycles. The largest absolute Gasteiger partial charge is 0.346 e. The molecule has 0 aromatic carbocycles. The number of fused-ring (bicyclic) bond motifs is 7. The molecule has 5 fully saturated rings. The Balaban J connectivity index is 1.29. The molecule has 0 bridgehead atoms. The molecule has 2 aliphatic heterocycles. The van der Waals surface area contributed by atoms with Gasteiger partial charge < -0.3 is 9.47 Å². The first-order valence-corrected chi connectivity index (χ1v) is 12.9. The standard InChI is InChI=1S/C27H42O2/c1-17-10-14-27(28-16-17)18(2)24-23(29-27)15-22-20-9-8-19-7-5-6-12-25(19,3)21(20)11-13-26(22,24)4/h10,14,17-24H,5-9,11-13,15-16H2,1-4H3/t17-,18+,19-,20-,21+,22+,23+,24+,25+,26+,27-/m1/s1. The summed E-state index contributed by atoms with van der Waals surface area (Å²) in [6, 6.07) is 0. The average molecular weight is 399 g/mol. The van der Waals surface area contributed by atoms with E-state index in [1.54, 1.807) is 0 Å². The Hall–Kier alpha value is -0.340. The molecule has 0 unspecified atom stereocenters. The van der Waals surface area contributed by atoms with E-state index >= 15 is 0 Å². The summed E-state index contributed by atoms with van der Waals surface area (Å²) in [4.78, 5) is 0. The average Bonchev–Trinajstić information content (AvgIpc) is 3.15. The minimum Gasteiger partial charge on any atom is -0.346 e. The van der Waals surface area contributed by atoms with Gasteiger partial charge in [-0.05, 0) is 97.4 Å². The van der Waals surface area contributed by atoms with Crippen LogP contribution in [0, 0.1) is 52.3 Å². The van der Waals surface area contributed by atoms with E-state index in [-0.39, 0.29) is 0 Å². The molecule has 29 heavy (non-hydrogen) atoms. The highest BCUT2D eigenvalue weighted by molar-refractivity contribution is 5.18. The van der Waals surface area contributed by atoms with Gasteiger partial charge in [-0.2, -0.15) is 0 Å². The van der Waals surface area contributed by atoms with Gasteiger partial charge in [-0.15, -0.1) is 0 Å². The third-order valence-corrected chi connectivity index (χ3v) is 11.4. The predicted molar refractivity (Wildman–Crippen MR) is 116 cm³/mol. The maximum absolute atomic E-state index is 6.83. The predicted octanol–water partition coefficient (Wildman–Crippen LogP) is 6.60. The summed E-state index contributed by atoms with van der Waals surface area (Å²) < 4.78 is 13.2. The molecular weight excluding hydrogens is 356 g/mol. The lowest BCUT2D eigenvalue weighted by Crippen LogP contribution is -2.53. The molecule has 0 aromatic rings. The molecule has 0 amide bonds. The van der Waals surface area contributed by atoms with Crippen LogP contribution >= 0.6 is 0 Å². The van der Waals surface area contributed by atoms with Crippen molar-refractivity contribution in [2.45, 2.75) is 97.4 Å². The van der Waals surface area contributed by atoms with Crippen molar-refractivity contribution >= 4 is 0 Å². The van der Waals surface area contributed by atoms with Gasteiger partial charge in [-0.3, -0.25) is 0 Å². The van der Waals surface area contributed by atoms with Gasteiger partial charge in [0.1, 0.15) is 0 Å². The van der Waals surface area contributed by atoms with E-state index in [0.29, 0.717) is 34.7 Å². The van der Waals surface area contributed by atoms with Crippen molar-refractivity contribution in [3.63, 3.8) is 0 Å². The third kappa shape index (κ3) is 2.48. The fourth-order valence-electron chi connectivity index (χ4n) is 9.95. The van der Waals surface area contributed by atoms with Crippen LogP contribution in [0.3, 0.4) is 0 Å². The van der Waals surface area contributed by atoms with E-state index in [1.165, 1.54) is 57.8 Å². The van der Waals surface area contributed by atoms with E-state index in [2.05, 4.69) is 39.8 Å². The molecule has 2 nitrogen and oxygen atoms in total. The fourth-order valence-corrected chi connectivity index (χ4v) is 9.95. The Labute approximate surface area is 178 Å². The Morgan fingerprint density at radius 2 is 1.76 bits per heavy atom. The van der Waals surface area contributed by atoms with Crippen LogP contribution in [0.25, 0.3) is 0 Å². The summed E-state index contributed by atoms with van der Waals surface area (Å²) in [6.07, 6.45) is 18.2. The Morgan fingerprint density at radius 1 is 0.897 bits per heavy atom. The Bertz CT molecular complexity index is 701. The van der Waals surface area contributed by atoms with E-state index < -0.39 is 5.79 Å². The normalized spacial score (nSPS) is 61.1. The van der Waals surface area contributed by atoms with Crippen LogP contribution in [0.4, 0.5) is 0 Å². The molecule has 0 aromatic heterocycles. The lowest BCUT2D eigenvalue weighted by Gasteiger charge is -2.60. The molecule has 6 rings (SSSR count). The van der Waals surface area contributed by atoms with Crippen molar-refractivity contribution in [3.05, 3.63) is 12.2 Å². The van der Waals surface area contributed by atoms with Crippen LogP contribution in [0.5, 0.6) is 0 Å². The molecule has 162 valence electrons. The van der Waals surface area contributed by atoms with Gasteiger partial charge in [0.15, 0.2) is 5.79 Å². The second-order valence-electron chi connectivity index (χ2n) is 12.5. The van der Waals surface area contributed by atoms with Crippen molar-refractivity contribution in [3.8, 4) is 0 Å². The van der Waals surface area contributed by atoms with Crippen LogP contribution in [0.2, 0.25) is 0 Å². The van der Waals surface area contributed by atoms with Gasteiger partial charge >= 0.3 is 0 Å². The topological polar surface area (TPSA) is 18.5 Å². The number of ether oxygens (including phenoxy) is 2. The second kappa shape index (κ2) is 6.35. The second-order valence-corrected chi connectivity index (χ2v) is 12.5. The van der Waals surface area contributed by atoms with Crippen LogP contribution < -0.4 is 0 Å². The van der Waals surface area contributed by atoms with Gasteiger partial charge in [0.25, 0.3) is 0 Å². The van der Waals surface area contributed by atoms with Gasteiger partial charge in [-0.1, -0.05) is 46.6 Å². The van der Waals surface area contributed by atoms with Gasteiger partial charge in [0, 0.05) is 5.92 Å². The molecule has 4 aliphatic carbocycles. The van der Waals surface area contributed by atoms with Crippen molar-refractivity contribution in [2.24, 2.45) is 52.3 Å². The summed E-state index contributed by atoms with van der Waals surface area (Å²) in [5.41, 5.74) is 1.09. The smallest absolute Gasteiger partial charge is 0.191 e. The van der Waals surface area contributed by atoms with Crippen LogP contribution in [-0.2, 0) is 9.47 Å². The quantitative estimate of drug-likeness (QED) is 0.428. The summed E-state index contributed by atoms with van der Waals surface area (Å²) in [5.74, 6) is 5.06. The zero-order valence-corrected chi connectivity index (χ0v) is 19.2. The van der Waals surface area contributed by atoms with Crippen LogP contribution in [0.1, 0.15) is 85.5 Å². The Kier molecular flexibility index (Phi) is 4.23. The molecule has 0 radical (unpaired) electrons. The first kappa shape index (κ1) is 19.4. The SMILES string of the molecule is C[C@@H]1C=C[C@@]2(OC1)O[C@H]1C[C@H]3[C@@H]4CC[C@H]5CCCC[C@]5(C)[C@H]4CC[C@]3(C)[C@H]1[C@@H]2C. The highest BCUT2D eigenvalue weighted by Gasteiger charge is 2.68. The minimum atomic E-state index is -0.431. The van der Waals surface area contributed by atoms with E-state index in [1.807, 2.05) is 0 Å². The molecule has 0 N–H and O–H groups in total. The molecule has 2 heterocycles. The van der Waals surface area contributed by atoms with E-state index in [4.69, 9.17) is 9.47 Å². The highest BCUT2D eigenvalue weighted by atomic mass is 16.7. The number of hydrogen-bond acceptors (Lipinski definition) is 2. The van der Waals surface area contributed by atoms with Gasteiger partial charge in [0.2, 0.25) is 0 Å². The van der Waals surface area contributed by atoms with Crippen molar-refractivity contribution in [1.82, 2.24) is 0 Å². The van der Waals surface area contributed by atoms with Crippen molar-refractivity contribution < 1.29 is 9.47 Å². The zero-order valence-electron chi connectivity index (χ0n) is 19.2. The zero-order chi connectivity index (χ0) is 20.0. The van der Waals surface area contributed by atoms with Crippen molar-refractivity contribution in [2.75, 3.05) is 6.61 Å². The summed E-state index contributed by atoms with van der Waals surface area (Å²) in [7, 11) is 0. The minimum absolute atomic E-state index is 0.411. The molecule has 11 atom stereocenters. The maximum Gasteiger partial charge on any atom is 0.191 e.